The summed E-state index contributed by atoms with van der Waals surface area (Å²) in [6, 6.07) is -0.741. The van der Waals surface area contributed by atoms with Gasteiger partial charge >= 0.3 is 5.97 Å². The van der Waals surface area contributed by atoms with Gasteiger partial charge in [0.15, 0.2) is 0 Å². The zero-order valence-electron chi connectivity index (χ0n) is 7.87. The van der Waals surface area contributed by atoms with Crippen LogP contribution in [0.1, 0.15) is 19.8 Å². The number of aliphatic carboxylic acids is 1. The summed E-state index contributed by atoms with van der Waals surface area (Å²) in [5, 5.41) is 11.1. The van der Waals surface area contributed by atoms with E-state index in [1.54, 1.807) is 18.7 Å². The highest BCUT2D eigenvalue weighted by Crippen LogP contribution is 1.97. The maximum Gasteiger partial charge on any atom is 0.326 e. The molecular formula is C8H15NO3S. The fraction of sp³-hybridized carbons (Fsp3) is 0.750. The molecule has 0 aromatic rings. The Morgan fingerprint density at radius 1 is 1.54 bits per heavy atom. The van der Waals surface area contributed by atoms with Crippen molar-refractivity contribution >= 4 is 23.6 Å². The standard InChI is InChI=1S/C8H15NO3S/c1-3-6(8(11)12)9-7(10)4-5-13-2/h6H,3-5H2,1-2H3,(H,9,10)(H,11,12)/t6-/m1/s1. The Morgan fingerprint density at radius 2 is 2.15 bits per heavy atom. The molecule has 0 aromatic carbocycles. The normalized spacial score (nSPS) is 12.2. The lowest BCUT2D eigenvalue weighted by atomic mass is 10.2. The average Bonchev–Trinajstić information content (AvgIpc) is 2.10. The number of hydrogen-bond donors (Lipinski definition) is 2. The Kier molecular flexibility index (Phi) is 6.40. The molecule has 0 bridgehead atoms. The van der Waals surface area contributed by atoms with E-state index in [1.165, 1.54) is 0 Å². The SMILES string of the molecule is CC[C@@H](NC(=O)CCSC)C(=O)O. The second kappa shape index (κ2) is 6.77. The summed E-state index contributed by atoms with van der Waals surface area (Å²) in [4.78, 5) is 21.6. The van der Waals surface area contributed by atoms with Crippen LogP contribution in [0.15, 0.2) is 0 Å². The Labute approximate surface area is 82.1 Å². The number of nitrogens with one attached hydrogen (secondary N) is 1. The van der Waals surface area contributed by atoms with E-state index in [0.717, 1.165) is 5.75 Å². The molecule has 1 amide bonds. The van der Waals surface area contributed by atoms with E-state index in [9.17, 15) is 9.59 Å². The van der Waals surface area contributed by atoms with Gasteiger partial charge in [-0.15, -0.1) is 0 Å². The molecule has 0 aliphatic rings. The molecule has 1 atom stereocenters. The zero-order valence-corrected chi connectivity index (χ0v) is 8.69. The van der Waals surface area contributed by atoms with Crippen molar-refractivity contribution in [3.05, 3.63) is 0 Å². The fourth-order valence-electron chi connectivity index (χ4n) is 0.800. The van der Waals surface area contributed by atoms with Crippen LogP contribution in [0.4, 0.5) is 0 Å². The van der Waals surface area contributed by atoms with Gasteiger partial charge in [-0.05, 0) is 12.7 Å². The number of carbonyl (C=O) groups is 2. The van der Waals surface area contributed by atoms with E-state index in [1.807, 2.05) is 6.26 Å². The first-order chi connectivity index (χ1) is 6.11. The number of amides is 1. The molecule has 76 valence electrons. The van der Waals surface area contributed by atoms with Crippen molar-refractivity contribution in [1.29, 1.82) is 0 Å². The minimum Gasteiger partial charge on any atom is -0.480 e. The summed E-state index contributed by atoms with van der Waals surface area (Å²) < 4.78 is 0. The third kappa shape index (κ3) is 5.52. The summed E-state index contributed by atoms with van der Waals surface area (Å²) in [6.07, 6.45) is 2.70. The number of carboxylic acids is 1. The van der Waals surface area contributed by atoms with Crippen LogP contribution in [0.25, 0.3) is 0 Å². The molecule has 0 saturated heterocycles. The van der Waals surface area contributed by atoms with E-state index in [4.69, 9.17) is 5.11 Å². The molecule has 0 spiro atoms. The Balaban J connectivity index is 3.80. The van der Waals surface area contributed by atoms with Crippen LogP contribution < -0.4 is 5.32 Å². The Morgan fingerprint density at radius 3 is 2.54 bits per heavy atom. The second-order valence-corrected chi connectivity index (χ2v) is 3.59. The highest BCUT2D eigenvalue weighted by atomic mass is 32.2. The number of carboxylic acid groups (broad SMARTS) is 1. The van der Waals surface area contributed by atoms with Gasteiger partial charge < -0.3 is 10.4 Å². The van der Waals surface area contributed by atoms with Gasteiger partial charge in [0.05, 0.1) is 0 Å². The quantitative estimate of drug-likeness (QED) is 0.670. The number of rotatable bonds is 6. The van der Waals surface area contributed by atoms with E-state index in [2.05, 4.69) is 5.32 Å². The molecule has 2 N–H and O–H groups in total. The number of hydrogen-bond acceptors (Lipinski definition) is 3. The van der Waals surface area contributed by atoms with Gasteiger partial charge in [-0.25, -0.2) is 4.79 Å². The zero-order chi connectivity index (χ0) is 10.3. The number of thioether (sulfide) groups is 1. The molecule has 0 aliphatic heterocycles. The molecule has 0 rings (SSSR count). The largest absolute Gasteiger partial charge is 0.480 e. The molecule has 0 saturated carbocycles. The molecule has 13 heavy (non-hydrogen) atoms. The van der Waals surface area contributed by atoms with Crippen LogP contribution in [0.3, 0.4) is 0 Å². The highest BCUT2D eigenvalue weighted by Gasteiger charge is 2.16. The second-order valence-electron chi connectivity index (χ2n) is 2.61. The fourth-order valence-corrected chi connectivity index (χ4v) is 1.19. The van der Waals surface area contributed by atoms with Crippen molar-refractivity contribution in [2.75, 3.05) is 12.0 Å². The van der Waals surface area contributed by atoms with Crippen LogP contribution in [-0.2, 0) is 9.59 Å². The minimum absolute atomic E-state index is 0.191. The van der Waals surface area contributed by atoms with E-state index < -0.39 is 12.0 Å². The van der Waals surface area contributed by atoms with Crippen molar-refractivity contribution in [3.63, 3.8) is 0 Å². The first-order valence-electron chi connectivity index (χ1n) is 4.13. The van der Waals surface area contributed by atoms with Gasteiger partial charge in [-0.1, -0.05) is 6.92 Å². The molecule has 0 aliphatic carbocycles. The molecule has 0 radical (unpaired) electrons. The monoisotopic (exact) mass is 205 g/mol. The predicted molar refractivity (Wildman–Crippen MR) is 52.9 cm³/mol. The van der Waals surface area contributed by atoms with Gasteiger partial charge in [0, 0.05) is 12.2 Å². The predicted octanol–water partition coefficient (Wildman–Crippen LogP) is 0.719. The van der Waals surface area contributed by atoms with Crippen molar-refractivity contribution in [1.82, 2.24) is 5.32 Å². The van der Waals surface area contributed by atoms with E-state index >= 15 is 0 Å². The summed E-state index contributed by atoms with van der Waals surface area (Å²) >= 11 is 1.56. The first kappa shape index (κ1) is 12.3. The molecule has 0 unspecified atom stereocenters. The summed E-state index contributed by atoms with van der Waals surface area (Å²) in [6.45, 7) is 1.73. The van der Waals surface area contributed by atoms with Crippen LogP contribution in [0.5, 0.6) is 0 Å². The molecule has 0 heterocycles. The van der Waals surface area contributed by atoms with Crippen molar-refractivity contribution in [3.8, 4) is 0 Å². The van der Waals surface area contributed by atoms with E-state index in [0.29, 0.717) is 12.8 Å². The molecule has 0 aromatic heterocycles. The van der Waals surface area contributed by atoms with Crippen LogP contribution in [-0.4, -0.2) is 35.0 Å². The van der Waals surface area contributed by atoms with Gasteiger partial charge in [0.2, 0.25) is 5.91 Å². The lowest BCUT2D eigenvalue weighted by molar-refractivity contribution is -0.141. The van der Waals surface area contributed by atoms with Crippen molar-refractivity contribution in [2.45, 2.75) is 25.8 Å². The maximum atomic E-state index is 11.1. The topological polar surface area (TPSA) is 66.4 Å². The highest BCUT2D eigenvalue weighted by molar-refractivity contribution is 7.98. The molecule has 4 nitrogen and oxygen atoms in total. The smallest absolute Gasteiger partial charge is 0.326 e. The van der Waals surface area contributed by atoms with Crippen LogP contribution >= 0.6 is 11.8 Å². The van der Waals surface area contributed by atoms with Crippen LogP contribution in [0.2, 0.25) is 0 Å². The van der Waals surface area contributed by atoms with Gasteiger partial charge in [-0.2, -0.15) is 11.8 Å². The Hall–Kier alpha value is -0.710. The van der Waals surface area contributed by atoms with Gasteiger partial charge in [0.1, 0.15) is 6.04 Å². The number of carbonyl (C=O) groups excluding carboxylic acids is 1. The first-order valence-corrected chi connectivity index (χ1v) is 5.52. The minimum atomic E-state index is -0.972. The van der Waals surface area contributed by atoms with Gasteiger partial charge in [-0.3, -0.25) is 4.79 Å². The Bertz CT molecular complexity index is 184. The lowest BCUT2D eigenvalue weighted by Crippen LogP contribution is -2.40. The summed E-state index contributed by atoms with van der Waals surface area (Å²) in [5.74, 6) is -0.439. The lowest BCUT2D eigenvalue weighted by Gasteiger charge is -2.11. The van der Waals surface area contributed by atoms with E-state index in [-0.39, 0.29) is 5.91 Å². The maximum absolute atomic E-state index is 11.1. The summed E-state index contributed by atoms with van der Waals surface area (Å²) in [5.41, 5.74) is 0. The third-order valence-corrected chi connectivity index (χ3v) is 2.19. The average molecular weight is 205 g/mol. The van der Waals surface area contributed by atoms with Crippen LogP contribution in [0, 0.1) is 0 Å². The molecular weight excluding hydrogens is 190 g/mol. The third-order valence-electron chi connectivity index (χ3n) is 1.57. The molecule has 0 fully saturated rings. The molecule has 5 heteroatoms. The van der Waals surface area contributed by atoms with Crippen molar-refractivity contribution in [2.24, 2.45) is 0 Å². The van der Waals surface area contributed by atoms with Gasteiger partial charge in [0.25, 0.3) is 0 Å². The summed E-state index contributed by atoms with van der Waals surface area (Å²) in [7, 11) is 0. The van der Waals surface area contributed by atoms with Crippen molar-refractivity contribution < 1.29 is 14.7 Å².